The Morgan fingerprint density at radius 1 is 1.12 bits per heavy atom. The van der Waals surface area contributed by atoms with Crippen molar-refractivity contribution in [3.05, 3.63) is 29.8 Å². The lowest BCUT2D eigenvalue weighted by atomic mass is 10.2. The molecule has 2 nitrogen and oxygen atoms in total. The predicted molar refractivity (Wildman–Crippen MR) is 73.1 cm³/mol. The van der Waals surface area contributed by atoms with E-state index < -0.39 is 0 Å². The van der Waals surface area contributed by atoms with E-state index in [0.29, 0.717) is 0 Å². The fraction of sp³-hybridized carbons (Fsp3) is 0.538. The molecule has 0 unspecified atom stereocenters. The molecule has 0 aromatic heterocycles. The molecule has 1 rings (SSSR count). The zero-order valence-corrected chi connectivity index (χ0v) is 11.1. The highest BCUT2D eigenvalue weighted by molar-refractivity contribution is 7.98. The molecule has 0 fully saturated rings. The van der Waals surface area contributed by atoms with Crippen molar-refractivity contribution in [1.82, 2.24) is 10.6 Å². The van der Waals surface area contributed by atoms with Crippen molar-refractivity contribution in [3.8, 4) is 0 Å². The van der Waals surface area contributed by atoms with E-state index in [1.165, 1.54) is 16.9 Å². The Morgan fingerprint density at radius 3 is 2.62 bits per heavy atom. The minimum atomic E-state index is 0.975. The maximum Gasteiger partial charge on any atom is 0.0216 e. The molecule has 1 aromatic rings. The summed E-state index contributed by atoms with van der Waals surface area (Å²) in [5, 5.41) is 6.81. The molecular formula is C13H22N2S. The number of rotatable bonds is 8. The van der Waals surface area contributed by atoms with Crippen LogP contribution in [0, 0.1) is 0 Å². The first kappa shape index (κ1) is 13.6. The number of benzene rings is 1. The first-order valence-corrected chi connectivity index (χ1v) is 7.14. The van der Waals surface area contributed by atoms with E-state index in [1.54, 1.807) is 0 Å². The topological polar surface area (TPSA) is 24.1 Å². The lowest BCUT2D eigenvalue weighted by molar-refractivity contribution is 0.603. The summed E-state index contributed by atoms with van der Waals surface area (Å²) < 4.78 is 0. The summed E-state index contributed by atoms with van der Waals surface area (Å²) in [7, 11) is 0. The third-order valence-electron chi connectivity index (χ3n) is 2.47. The van der Waals surface area contributed by atoms with Crippen LogP contribution in [-0.4, -0.2) is 25.9 Å². The SMILES string of the molecule is CCNCCCNCc1ccccc1SC. The van der Waals surface area contributed by atoms with Gasteiger partial charge in [0, 0.05) is 11.4 Å². The van der Waals surface area contributed by atoms with E-state index in [0.717, 1.165) is 26.2 Å². The molecule has 0 saturated carbocycles. The fourth-order valence-corrected chi connectivity index (χ4v) is 2.20. The van der Waals surface area contributed by atoms with Gasteiger partial charge in [-0.15, -0.1) is 11.8 Å². The molecule has 0 amide bonds. The second-order valence-electron chi connectivity index (χ2n) is 3.70. The molecule has 0 spiro atoms. The van der Waals surface area contributed by atoms with Crippen LogP contribution >= 0.6 is 11.8 Å². The van der Waals surface area contributed by atoms with Crippen molar-refractivity contribution >= 4 is 11.8 Å². The van der Waals surface area contributed by atoms with E-state index in [9.17, 15) is 0 Å². The molecule has 2 N–H and O–H groups in total. The first-order chi connectivity index (χ1) is 7.88. The average molecular weight is 238 g/mol. The van der Waals surface area contributed by atoms with Crippen LogP contribution in [0.1, 0.15) is 18.9 Å². The largest absolute Gasteiger partial charge is 0.317 e. The molecule has 0 heterocycles. The van der Waals surface area contributed by atoms with Gasteiger partial charge in [-0.3, -0.25) is 0 Å². The van der Waals surface area contributed by atoms with Gasteiger partial charge in [0.2, 0.25) is 0 Å². The molecule has 0 aliphatic heterocycles. The van der Waals surface area contributed by atoms with Crippen LogP contribution in [0.25, 0.3) is 0 Å². The minimum absolute atomic E-state index is 0.975. The summed E-state index contributed by atoms with van der Waals surface area (Å²) in [5.41, 5.74) is 1.40. The van der Waals surface area contributed by atoms with Crippen LogP contribution < -0.4 is 10.6 Å². The zero-order chi connectivity index (χ0) is 11.6. The van der Waals surface area contributed by atoms with Crippen molar-refractivity contribution in [2.75, 3.05) is 25.9 Å². The summed E-state index contributed by atoms with van der Waals surface area (Å²) in [5.74, 6) is 0. The lowest BCUT2D eigenvalue weighted by Gasteiger charge is -2.08. The number of nitrogens with one attached hydrogen (secondary N) is 2. The second kappa shape index (κ2) is 8.62. The van der Waals surface area contributed by atoms with Crippen LogP contribution in [0.3, 0.4) is 0 Å². The quantitative estimate of drug-likeness (QED) is 0.537. The normalized spacial score (nSPS) is 10.6. The van der Waals surface area contributed by atoms with E-state index in [2.05, 4.69) is 48.1 Å². The molecule has 90 valence electrons. The summed E-state index contributed by atoms with van der Waals surface area (Å²) in [6, 6.07) is 8.58. The smallest absolute Gasteiger partial charge is 0.0216 e. The van der Waals surface area contributed by atoms with Crippen molar-refractivity contribution in [3.63, 3.8) is 0 Å². The molecule has 0 radical (unpaired) electrons. The molecule has 0 atom stereocenters. The Hall–Kier alpha value is -0.510. The third-order valence-corrected chi connectivity index (χ3v) is 3.30. The molecule has 0 bridgehead atoms. The highest BCUT2D eigenvalue weighted by Gasteiger charge is 1.98. The van der Waals surface area contributed by atoms with Crippen molar-refractivity contribution < 1.29 is 0 Å². The van der Waals surface area contributed by atoms with Gasteiger partial charge in [-0.2, -0.15) is 0 Å². The van der Waals surface area contributed by atoms with Gasteiger partial charge in [-0.05, 0) is 43.9 Å². The molecule has 0 saturated heterocycles. The Bertz CT molecular complexity index is 289. The van der Waals surface area contributed by atoms with Crippen LogP contribution in [-0.2, 0) is 6.54 Å². The third kappa shape index (κ3) is 5.01. The highest BCUT2D eigenvalue weighted by atomic mass is 32.2. The van der Waals surface area contributed by atoms with Crippen LogP contribution in [0.2, 0.25) is 0 Å². The molecule has 3 heteroatoms. The molecule has 0 aliphatic carbocycles. The van der Waals surface area contributed by atoms with Gasteiger partial charge in [0.05, 0.1) is 0 Å². The summed E-state index contributed by atoms with van der Waals surface area (Å²) >= 11 is 1.81. The Kier molecular flexibility index (Phi) is 7.30. The van der Waals surface area contributed by atoms with Crippen molar-refractivity contribution in [2.24, 2.45) is 0 Å². The van der Waals surface area contributed by atoms with Crippen LogP contribution in [0.4, 0.5) is 0 Å². The summed E-state index contributed by atoms with van der Waals surface area (Å²) in [6.45, 7) is 6.37. The molecular weight excluding hydrogens is 216 g/mol. The number of hydrogen-bond acceptors (Lipinski definition) is 3. The van der Waals surface area contributed by atoms with E-state index in [-0.39, 0.29) is 0 Å². The number of thioether (sulfide) groups is 1. The van der Waals surface area contributed by atoms with Gasteiger partial charge in [-0.25, -0.2) is 0 Å². The van der Waals surface area contributed by atoms with Crippen LogP contribution in [0.15, 0.2) is 29.2 Å². The van der Waals surface area contributed by atoms with E-state index >= 15 is 0 Å². The van der Waals surface area contributed by atoms with Gasteiger partial charge in [0.1, 0.15) is 0 Å². The molecule has 16 heavy (non-hydrogen) atoms. The Balaban J connectivity index is 2.21. The van der Waals surface area contributed by atoms with Gasteiger partial charge in [0.25, 0.3) is 0 Å². The Labute approximate surface area is 103 Å². The van der Waals surface area contributed by atoms with E-state index in [4.69, 9.17) is 0 Å². The van der Waals surface area contributed by atoms with E-state index in [1.807, 2.05) is 11.8 Å². The number of hydrogen-bond donors (Lipinski definition) is 2. The van der Waals surface area contributed by atoms with Gasteiger partial charge >= 0.3 is 0 Å². The van der Waals surface area contributed by atoms with Gasteiger partial charge in [-0.1, -0.05) is 25.1 Å². The monoisotopic (exact) mass is 238 g/mol. The van der Waals surface area contributed by atoms with Crippen molar-refractivity contribution in [1.29, 1.82) is 0 Å². The van der Waals surface area contributed by atoms with Crippen molar-refractivity contribution in [2.45, 2.75) is 24.8 Å². The van der Waals surface area contributed by atoms with Crippen LogP contribution in [0.5, 0.6) is 0 Å². The maximum atomic E-state index is 3.48. The predicted octanol–water partition coefficient (Wildman–Crippen LogP) is 2.50. The second-order valence-corrected chi connectivity index (χ2v) is 4.54. The summed E-state index contributed by atoms with van der Waals surface area (Å²) in [6.07, 6.45) is 3.32. The standard InChI is InChI=1S/C13H22N2S/c1-3-14-9-6-10-15-11-12-7-4-5-8-13(12)16-2/h4-5,7-8,14-15H,3,6,9-11H2,1-2H3. The lowest BCUT2D eigenvalue weighted by Crippen LogP contribution is -2.21. The average Bonchev–Trinajstić information content (AvgIpc) is 2.34. The first-order valence-electron chi connectivity index (χ1n) is 5.91. The minimum Gasteiger partial charge on any atom is -0.317 e. The zero-order valence-electron chi connectivity index (χ0n) is 10.3. The molecule has 0 aliphatic rings. The molecule has 1 aromatic carbocycles. The maximum absolute atomic E-state index is 3.48. The van der Waals surface area contributed by atoms with Gasteiger partial charge in [0.15, 0.2) is 0 Å². The highest BCUT2D eigenvalue weighted by Crippen LogP contribution is 2.19. The fourth-order valence-electron chi connectivity index (χ4n) is 1.59. The van der Waals surface area contributed by atoms with Gasteiger partial charge < -0.3 is 10.6 Å². The Morgan fingerprint density at radius 2 is 1.88 bits per heavy atom. The summed E-state index contributed by atoms with van der Waals surface area (Å²) in [4.78, 5) is 1.38.